The summed E-state index contributed by atoms with van der Waals surface area (Å²) in [5.74, 6) is 2.49. The quantitative estimate of drug-likeness (QED) is 0.350. The molecule has 0 bridgehead atoms. The Balaban J connectivity index is 1.87. The molecular weight excluding hydrogens is 393 g/mol. The van der Waals surface area contributed by atoms with Crippen molar-refractivity contribution in [2.24, 2.45) is 0 Å². The predicted octanol–water partition coefficient (Wildman–Crippen LogP) is 6.19. The zero-order valence-electron chi connectivity index (χ0n) is 18.1. The highest BCUT2D eigenvalue weighted by molar-refractivity contribution is 7.98. The lowest BCUT2D eigenvalue weighted by Gasteiger charge is -2.26. The normalized spacial score (nSPS) is 12.9. The molecule has 0 heterocycles. The van der Waals surface area contributed by atoms with Gasteiger partial charge in [-0.05, 0) is 55.8 Å². The van der Waals surface area contributed by atoms with Crippen LogP contribution >= 0.6 is 7.26 Å². The molecule has 31 heavy (non-hydrogen) atoms. The van der Waals surface area contributed by atoms with Crippen LogP contribution in [0.1, 0.15) is 25.5 Å². The molecule has 4 aromatic carbocycles. The van der Waals surface area contributed by atoms with Crippen molar-refractivity contribution < 1.29 is 0 Å². The zero-order chi connectivity index (χ0) is 21.5. The van der Waals surface area contributed by atoms with E-state index in [0.29, 0.717) is 0 Å². The van der Waals surface area contributed by atoms with Gasteiger partial charge in [-0.25, -0.2) is 0 Å². The van der Waals surface area contributed by atoms with E-state index in [4.69, 9.17) is 0 Å². The minimum absolute atomic E-state index is 0.238. The molecule has 0 saturated carbocycles. The molecule has 4 aromatic rings. The summed E-state index contributed by atoms with van der Waals surface area (Å²) in [6.07, 6.45) is 0. The SMILES string of the molecule is C/C(=C\[P+](c1ccccc1)(c1ccccc1)c1ccccc1)N[C@@H](C)c1ccccc1. The summed E-state index contributed by atoms with van der Waals surface area (Å²) in [5.41, 5.74) is 2.49. The van der Waals surface area contributed by atoms with Crippen LogP contribution in [0, 0.1) is 0 Å². The Kier molecular flexibility index (Phi) is 6.65. The minimum atomic E-state index is -1.98. The summed E-state index contributed by atoms with van der Waals surface area (Å²) in [6.45, 7) is 4.42. The largest absolute Gasteiger partial charge is 0.379 e. The molecule has 0 saturated heterocycles. The number of rotatable bonds is 7. The first-order chi connectivity index (χ1) is 15.2. The standard InChI is InChI=1S/C29H29NP/c1-24(30-25(2)26-15-7-3-8-16-26)23-31(27-17-9-4-10-18-27,28-19-11-5-12-20-28)29-21-13-6-14-22-29/h3-23,25,30H,1-2H3/q+1/b24-23+/t25-/m0/s1. The third kappa shape index (κ3) is 4.63. The van der Waals surface area contributed by atoms with Crippen molar-refractivity contribution in [3.63, 3.8) is 0 Å². The molecule has 2 heteroatoms. The van der Waals surface area contributed by atoms with Gasteiger partial charge in [-0.2, -0.15) is 0 Å². The van der Waals surface area contributed by atoms with Crippen molar-refractivity contribution >= 4 is 23.2 Å². The third-order valence-electron chi connectivity index (χ3n) is 5.62. The van der Waals surface area contributed by atoms with Crippen molar-refractivity contribution in [3.05, 3.63) is 138 Å². The molecule has 0 radical (unpaired) electrons. The molecule has 0 amide bonds. The van der Waals surface area contributed by atoms with Gasteiger partial charge in [0.05, 0.1) is 5.82 Å². The monoisotopic (exact) mass is 422 g/mol. The fourth-order valence-electron chi connectivity index (χ4n) is 4.15. The van der Waals surface area contributed by atoms with E-state index in [1.165, 1.54) is 27.2 Å². The summed E-state index contributed by atoms with van der Waals surface area (Å²) in [4.78, 5) is 0. The van der Waals surface area contributed by atoms with E-state index in [1.54, 1.807) is 0 Å². The molecule has 0 fully saturated rings. The molecule has 1 nitrogen and oxygen atoms in total. The maximum Gasteiger partial charge on any atom is 0.138 e. The van der Waals surface area contributed by atoms with Gasteiger partial charge >= 0.3 is 0 Å². The minimum Gasteiger partial charge on any atom is -0.379 e. The summed E-state index contributed by atoms with van der Waals surface area (Å²) < 4.78 is 0. The highest BCUT2D eigenvalue weighted by Crippen LogP contribution is 2.57. The van der Waals surface area contributed by atoms with Crippen LogP contribution in [0.15, 0.2) is 133 Å². The molecular formula is C29H29NP+. The average molecular weight is 423 g/mol. The number of nitrogens with one attached hydrogen (secondary N) is 1. The highest BCUT2D eigenvalue weighted by atomic mass is 31.2. The Bertz CT molecular complexity index is 1010. The van der Waals surface area contributed by atoms with Crippen LogP contribution in [-0.4, -0.2) is 0 Å². The Morgan fingerprint density at radius 2 is 0.968 bits per heavy atom. The van der Waals surface area contributed by atoms with Gasteiger partial charge in [-0.15, -0.1) is 0 Å². The van der Waals surface area contributed by atoms with Crippen LogP contribution in [0.2, 0.25) is 0 Å². The van der Waals surface area contributed by atoms with E-state index in [9.17, 15) is 0 Å². The van der Waals surface area contributed by atoms with Gasteiger partial charge < -0.3 is 5.32 Å². The van der Waals surface area contributed by atoms with Gasteiger partial charge in [0, 0.05) is 11.7 Å². The summed E-state index contributed by atoms with van der Waals surface area (Å²) in [5, 5.41) is 7.84. The van der Waals surface area contributed by atoms with E-state index in [2.05, 4.69) is 146 Å². The molecule has 1 N–H and O–H groups in total. The topological polar surface area (TPSA) is 12.0 Å². The van der Waals surface area contributed by atoms with Crippen LogP contribution in [0.25, 0.3) is 0 Å². The van der Waals surface area contributed by atoms with Crippen LogP contribution in [0.5, 0.6) is 0 Å². The van der Waals surface area contributed by atoms with E-state index >= 15 is 0 Å². The molecule has 0 aliphatic carbocycles. The van der Waals surface area contributed by atoms with Gasteiger partial charge in [0.25, 0.3) is 0 Å². The van der Waals surface area contributed by atoms with Gasteiger partial charge in [0.15, 0.2) is 0 Å². The highest BCUT2D eigenvalue weighted by Gasteiger charge is 2.43. The Labute approximate surface area is 186 Å². The third-order valence-corrected chi connectivity index (χ3v) is 9.73. The summed E-state index contributed by atoms with van der Waals surface area (Å²) in [6, 6.07) is 43.7. The maximum absolute atomic E-state index is 3.75. The van der Waals surface area contributed by atoms with Crippen LogP contribution in [0.3, 0.4) is 0 Å². The molecule has 154 valence electrons. The summed E-state index contributed by atoms with van der Waals surface area (Å²) >= 11 is 0. The fourth-order valence-corrected chi connectivity index (χ4v) is 8.08. The zero-order valence-corrected chi connectivity index (χ0v) is 19.0. The predicted molar refractivity (Wildman–Crippen MR) is 137 cm³/mol. The second-order valence-electron chi connectivity index (χ2n) is 7.82. The van der Waals surface area contributed by atoms with E-state index in [0.717, 1.165) is 0 Å². The first kappa shape index (κ1) is 21.1. The van der Waals surface area contributed by atoms with Crippen LogP contribution in [-0.2, 0) is 0 Å². The van der Waals surface area contributed by atoms with Crippen LogP contribution < -0.4 is 21.2 Å². The summed E-state index contributed by atoms with van der Waals surface area (Å²) in [7, 11) is -1.98. The van der Waals surface area contributed by atoms with Crippen molar-refractivity contribution in [3.8, 4) is 0 Å². The molecule has 0 aliphatic heterocycles. The fraction of sp³-hybridized carbons (Fsp3) is 0.103. The van der Waals surface area contributed by atoms with Crippen molar-refractivity contribution in [1.29, 1.82) is 0 Å². The first-order valence-electron chi connectivity index (χ1n) is 10.8. The van der Waals surface area contributed by atoms with Gasteiger partial charge in [-0.3, -0.25) is 0 Å². The first-order valence-corrected chi connectivity index (χ1v) is 12.6. The molecule has 0 aromatic heterocycles. The lowest BCUT2D eigenvalue weighted by Crippen LogP contribution is -2.30. The van der Waals surface area contributed by atoms with Gasteiger partial charge in [0.1, 0.15) is 23.2 Å². The van der Waals surface area contributed by atoms with Crippen molar-refractivity contribution in [2.45, 2.75) is 19.9 Å². The molecule has 1 atom stereocenters. The Morgan fingerprint density at radius 3 is 1.35 bits per heavy atom. The van der Waals surface area contributed by atoms with Gasteiger partial charge in [-0.1, -0.05) is 84.9 Å². The number of hydrogen-bond donors (Lipinski definition) is 1. The second kappa shape index (κ2) is 9.77. The Hall–Kier alpha value is -3.15. The number of allylic oxidation sites excluding steroid dienone is 1. The molecule has 0 aliphatic rings. The van der Waals surface area contributed by atoms with E-state index in [1.807, 2.05) is 0 Å². The maximum atomic E-state index is 3.75. The average Bonchev–Trinajstić information content (AvgIpc) is 2.85. The van der Waals surface area contributed by atoms with Crippen LogP contribution in [0.4, 0.5) is 0 Å². The van der Waals surface area contributed by atoms with Crippen molar-refractivity contribution in [2.75, 3.05) is 0 Å². The van der Waals surface area contributed by atoms with Crippen molar-refractivity contribution in [1.82, 2.24) is 5.32 Å². The smallest absolute Gasteiger partial charge is 0.138 e. The number of hydrogen-bond acceptors (Lipinski definition) is 1. The van der Waals surface area contributed by atoms with E-state index in [-0.39, 0.29) is 6.04 Å². The Morgan fingerprint density at radius 1 is 0.613 bits per heavy atom. The van der Waals surface area contributed by atoms with Gasteiger partial charge in [0.2, 0.25) is 0 Å². The second-order valence-corrected chi connectivity index (χ2v) is 11.1. The molecule has 0 unspecified atom stereocenters. The number of benzene rings is 4. The van der Waals surface area contributed by atoms with E-state index < -0.39 is 7.26 Å². The molecule has 4 rings (SSSR count). The molecule has 0 spiro atoms. The lowest BCUT2D eigenvalue weighted by atomic mass is 10.1. The lowest BCUT2D eigenvalue weighted by molar-refractivity contribution is 0.655.